The first-order valence-corrected chi connectivity index (χ1v) is 8.77. The van der Waals surface area contributed by atoms with Gasteiger partial charge in [0, 0.05) is 24.4 Å². The normalized spacial score (nSPS) is 21.5. The Morgan fingerprint density at radius 1 is 1.29 bits per heavy atom. The van der Waals surface area contributed by atoms with Crippen molar-refractivity contribution in [1.29, 1.82) is 0 Å². The molecule has 0 saturated carbocycles. The molecule has 0 radical (unpaired) electrons. The minimum absolute atomic E-state index is 0.192. The molecular formula is C20H29NO3. The van der Waals surface area contributed by atoms with E-state index in [0.29, 0.717) is 6.61 Å². The number of anilines is 1. The lowest BCUT2D eigenvalue weighted by atomic mass is 9.87. The van der Waals surface area contributed by atoms with Crippen molar-refractivity contribution >= 4 is 5.69 Å². The summed E-state index contributed by atoms with van der Waals surface area (Å²) in [7, 11) is 0. The summed E-state index contributed by atoms with van der Waals surface area (Å²) < 4.78 is 18.4. The van der Waals surface area contributed by atoms with Crippen LogP contribution in [0.15, 0.2) is 18.2 Å². The summed E-state index contributed by atoms with van der Waals surface area (Å²) in [6.45, 7) is 10.1. The number of fused-ring (bicyclic) bond motifs is 1. The Kier molecular flexibility index (Phi) is 6.53. The molecule has 0 aliphatic carbocycles. The van der Waals surface area contributed by atoms with Crippen LogP contribution in [0.4, 0.5) is 5.69 Å². The molecule has 132 valence electrons. The molecule has 0 amide bonds. The molecular weight excluding hydrogens is 302 g/mol. The topological polar surface area (TPSA) is 39.7 Å². The summed E-state index contributed by atoms with van der Waals surface area (Å²) in [5.41, 5.74) is 1.56. The fourth-order valence-corrected chi connectivity index (χ4v) is 3.00. The van der Waals surface area contributed by atoms with Gasteiger partial charge in [0.15, 0.2) is 0 Å². The third-order valence-electron chi connectivity index (χ3n) is 4.17. The molecule has 1 aromatic rings. The van der Waals surface area contributed by atoms with Gasteiger partial charge in [0.2, 0.25) is 0 Å². The number of unbranched alkanes of at least 4 members (excludes halogenated alkanes) is 1. The first-order chi connectivity index (χ1) is 11.5. The Labute approximate surface area is 145 Å². The zero-order chi connectivity index (χ0) is 17.6. The Bertz CT molecular complexity index is 577. The van der Waals surface area contributed by atoms with Crippen LogP contribution in [0.1, 0.15) is 52.2 Å². The van der Waals surface area contributed by atoms with E-state index in [1.807, 2.05) is 26.0 Å². The second-order valence-corrected chi connectivity index (χ2v) is 6.57. The molecule has 0 aromatic heterocycles. The van der Waals surface area contributed by atoms with Gasteiger partial charge in [-0.25, -0.2) is 0 Å². The van der Waals surface area contributed by atoms with Gasteiger partial charge in [-0.05, 0) is 45.4 Å². The maximum atomic E-state index is 6.23. The molecule has 0 saturated heterocycles. The SMILES string of the molecule is C#CCOC1C(OCCCC)c2cc(NCC)ccc2OC1(C)C. The van der Waals surface area contributed by atoms with Crippen molar-refractivity contribution in [3.05, 3.63) is 23.8 Å². The molecule has 1 aliphatic heterocycles. The van der Waals surface area contributed by atoms with Crippen LogP contribution in [0.5, 0.6) is 5.75 Å². The molecule has 0 spiro atoms. The number of hydrogen-bond acceptors (Lipinski definition) is 4. The van der Waals surface area contributed by atoms with Gasteiger partial charge in [0.25, 0.3) is 0 Å². The fourth-order valence-electron chi connectivity index (χ4n) is 3.00. The van der Waals surface area contributed by atoms with E-state index in [-0.39, 0.29) is 18.8 Å². The highest BCUT2D eigenvalue weighted by molar-refractivity contribution is 5.53. The van der Waals surface area contributed by atoms with E-state index in [4.69, 9.17) is 20.6 Å². The molecule has 0 bridgehead atoms. The molecule has 0 fully saturated rings. The van der Waals surface area contributed by atoms with Crippen molar-refractivity contribution in [2.45, 2.75) is 58.3 Å². The predicted octanol–water partition coefficient (Wildman–Crippen LogP) is 4.17. The smallest absolute Gasteiger partial charge is 0.132 e. The standard InChI is InChI=1S/C20H29NO3/c1-6-9-13-22-18-16-14-15(21-8-3)10-11-17(16)24-20(4,5)19(18)23-12-7-2/h2,10-11,14,18-19,21H,6,8-9,12-13H2,1,3-5H3. The zero-order valence-electron chi connectivity index (χ0n) is 15.2. The van der Waals surface area contributed by atoms with Crippen LogP contribution in [-0.2, 0) is 9.47 Å². The number of rotatable bonds is 8. The number of hydrogen-bond donors (Lipinski definition) is 1. The predicted molar refractivity (Wildman–Crippen MR) is 97.5 cm³/mol. The minimum Gasteiger partial charge on any atom is -0.485 e. The molecule has 1 aromatic carbocycles. The number of nitrogens with one attached hydrogen (secondary N) is 1. The van der Waals surface area contributed by atoms with Gasteiger partial charge in [-0.2, -0.15) is 0 Å². The maximum Gasteiger partial charge on any atom is 0.132 e. The van der Waals surface area contributed by atoms with Gasteiger partial charge in [0.1, 0.15) is 30.2 Å². The summed E-state index contributed by atoms with van der Waals surface area (Å²) >= 11 is 0. The van der Waals surface area contributed by atoms with Crippen molar-refractivity contribution in [2.75, 3.05) is 25.1 Å². The van der Waals surface area contributed by atoms with Crippen molar-refractivity contribution in [3.8, 4) is 18.1 Å². The van der Waals surface area contributed by atoms with E-state index in [9.17, 15) is 0 Å². The summed E-state index contributed by atoms with van der Waals surface area (Å²) in [4.78, 5) is 0. The third-order valence-corrected chi connectivity index (χ3v) is 4.17. The molecule has 1 aliphatic rings. The highest BCUT2D eigenvalue weighted by atomic mass is 16.6. The van der Waals surface area contributed by atoms with Crippen LogP contribution in [0.25, 0.3) is 0 Å². The van der Waals surface area contributed by atoms with Gasteiger partial charge in [0.05, 0.1) is 0 Å². The lowest BCUT2D eigenvalue weighted by Crippen LogP contribution is -2.51. The Hall–Kier alpha value is -1.70. The third kappa shape index (κ3) is 4.23. The largest absolute Gasteiger partial charge is 0.485 e. The summed E-state index contributed by atoms with van der Waals surface area (Å²) in [6, 6.07) is 6.13. The van der Waals surface area contributed by atoms with E-state index in [1.165, 1.54) is 0 Å². The van der Waals surface area contributed by atoms with Crippen LogP contribution in [-0.4, -0.2) is 31.5 Å². The van der Waals surface area contributed by atoms with Crippen molar-refractivity contribution in [2.24, 2.45) is 0 Å². The molecule has 1 N–H and O–H groups in total. The Morgan fingerprint density at radius 2 is 2.08 bits per heavy atom. The van der Waals surface area contributed by atoms with Gasteiger partial charge in [-0.3, -0.25) is 0 Å². The number of terminal acetylenes is 1. The van der Waals surface area contributed by atoms with Crippen LogP contribution >= 0.6 is 0 Å². The minimum atomic E-state index is -0.513. The van der Waals surface area contributed by atoms with Gasteiger partial charge in [-0.15, -0.1) is 6.42 Å². The van der Waals surface area contributed by atoms with E-state index in [0.717, 1.165) is 36.4 Å². The molecule has 2 rings (SSSR count). The van der Waals surface area contributed by atoms with Crippen molar-refractivity contribution < 1.29 is 14.2 Å². The van der Waals surface area contributed by atoms with Gasteiger partial charge >= 0.3 is 0 Å². The average molecular weight is 331 g/mol. The monoisotopic (exact) mass is 331 g/mol. The van der Waals surface area contributed by atoms with Crippen LogP contribution < -0.4 is 10.1 Å². The lowest BCUT2D eigenvalue weighted by Gasteiger charge is -2.44. The summed E-state index contributed by atoms with van der Waals surface area (Å²) in [6.07, 6.45) is 7.05. The van der Waals surface area contributed by atoms with Crippen LogP contribution in [0, 0.1) is 12.3 Å². The molecule has 2 unspecified atom stereocenters. The van der Waals surface area contributed by atoms with E-state index < -0.39 is 5.60 Å². The summed E-state index contributed by atoms with van der Waals surface area (Å²) in [5, 5.41) is 3.34. The molecule has 4 heteroatoms. The quantitative estimate of drug-likeness (QED) is 0.573. The highest BCUT2D eigenvalue weighted by Crippen LogP contribution is 2.44. The second kappa shape index (κ2) is 8.41. The van der Waals surface area contributed by atoms with Crippen LogP contribution in [0.2, 0.25) is 0 Å². The fraction of sp³-hybridized carbons (Fsp3) is 0.600. The Morgan fingerprint density at radius 3 is 2.75 bits per heavy atom. The van der Waals surface area contributed by atoms with Gasteiger partial charge < -0.3 is 19.5 Å². The first kappa shape index (κ1) is 18.6. The van der Waals surface area contributed by atoms with E-state index >= 15 is 0 Å². The Balaban J connectivity index is 2.36. The van der Waals surface area contributed by atoms with Crippen molar-refractivity contribution in [1.82, 2.24) is 0 Å². The lowest BCUT2D eigenvalue weighted by molar-refractivity contribution is -0.156. The first-order valence-electron chi connectivity index (χ1n) is 8.77. The second-order valence-electron chi connectivity index (χ2n) is 6.57. The van der Waals surface area contributed by atoms with Gasteiger partial charge in [-0.1, -0.05) is 19.3 Å². The zero-order valence-corrected chi connectivity index (χ0v) is 15.2. The van der Waals surface area contributed by atoms with Crippen LogP contribution in [0.3, 0.4) is 0 Å². The average Bonchev–Trinajstić information content (AvgIpc) is 2.54. The number of benzene rings is 1. The molecule has 4 nitrogen and oxygen atoms in total. The number of ether oxygens (including phenoxy) is 3. The maximum absolute atomic E-state index is 6.23. The van der Waals surface area contributed by atoms with E-state index in [1.54, 1.807) is 0 Å². The molecule has 1 heterocycles. The molecule has 24 heavy (non-hydrogen) atoms. The summed E-state index contributed by atoms with van der Waals surface area (Å²) in [5.74, 6) is 3.40. The van der Waals surface area contributed by atoms with Crippen molar-refractivity contribution in [3.63, 3.8) is 0 Å². The molecule has 2 atom stereocenters. The highest BCUT2D eigenvalue weighted by Gasteiger charge is 2.45. The van der Waals surface area contributed by atoms with E-state index in [2.05, 4.69) is 31.2 Å².